The Kier molecular flexibility index (Phi) is 4.42. The summed E-state index contributed by atoms with van der Waals surface area (Å²) in [5.74, 6) is -0.108. The molecule has 0 saturated heterocycles. The van der Waals surface area contributed by atoms with Crippen LogP contribution in [0, 0.1) is 17.2 Å². The average Bonchev–Trinajstić information content (AvgIpc) is 3.20. The minimum Gasteiger partial charge on any atom is -0.337 e. The first-order valence-corrected chi connectivity index (χ1v) is 7.88. The second-order valence-electron chi connectivity index (χ2n) is 5.72. The standard InChI is InChI=1S/C13H19N5O2S/c1-8(2)13(3,7-14)15-10(19)6-21-12-17-16-11(20)18(12)9-4-5-9/h8-9H,4-6H2,1-3H3,(H,15,19)(H,16,20)/t13-/m0/s1. The monoisotopic (exact) mass is 309 g/mol. The zero-order valence-electron chi connectivity index (χ0n) is 12.3. The molecule has 1 aliphatic rings. The maximum atomic E-state index is 12.0. The second kappa shape index (κ2) is 5.93. The van der Waals surface area contributed by atoms with E-state index in [1.165, 1.54) is 11.8 Å². The first kappa shape index (κ1) is 15.6. The summed E-state index contributed by atoms with van der Waals surface area (Å²) < 4.78 is 1.60. The maximum Gasteiger partial charge on any atom is 0.344 e. The highest BCUT2D eigenvalue weighted by Gasteiger charge is 2.31. The molecule has 1 saturated carbocycles. The van der Waals surface area contributed by atoms with Crippen LogP contribution in [0.25, 0.3) is 0 Å². The van der Waals surface area contributed by atoms with Gasteiger partial charge in [-0.15, -0.1) is 5.10 Å². The summed E-state index contributed by atoms with van der Waals surface area (Å²) in [7, 11) is 0. The number of aromatic amines is 1. The molecule has 1 aromatic heterocycles. The third-order valence-corrected chi connectivity index (χ3v) is 4.66. The summed E-state index contributed by atoms with van der Waals surface area (Å²) >= 11 is 1.21. The molecule has 8 heteroatoms. The molecule has 21 heavy (non-hydrogen) atoms. The predicted octanol–water partition coefficient (Wildman–Crippen LogP) is 1.05. The van der Waals surface area contributed by atoms with Gasteiger partial charge in [-0.3, -0.25) is 9.36 Å². The lowest BCUT2D eigenvalue weighted by Gasteiger charge is -2.27. The zero-order valence-corrected chi connectivity index (χ0v) is 13.2. The minimum absolute atomic E-state index is 0.00600. The van der Waals surface area contributed by atoms with Gasteiger partial charge in [0.05, 0.1) is 11.8 Å². The van der Waals surface area contributed by atoms with Crippen LogP contribution in [0.5, 0.6) is 0 Å². The van der Waals surface area contributed by atoms with Gasteiger partial charge >= 0.3 is 5.69 Å². The summed E-state index contributed by atoms with van der Waals surface area (Å²) in [5.41, 5.74) is -1.12. The Hall–Kier alpha value is -1.75. The smallest absolute Gasteiger partial charge is 0.337 e. The number of nitriles is 1. The van der Waals surface area contributed by atoms with E-state index in [4.69, 9.17) is 0 Å². The summed E-state index contributed by atoms with van der Waals surface area (Å²) in [6.45, 7) is 5.47. The van der Waals surface area contributed by atoms with Crippen molar-refractivity contribution in [3.63, 3.8) is 0 Å². The van der Waals surface area contributed by atoms with Crippen LogP contribution in [-0.2, 0) is 4.79 Å². The Morgan fingerprint density at radius 1 is 1.67 bits per heavy atom. The van der Waals surface area contributed by atoms with Crippen molar-refractivity contribution in [2.45, 2.75) is 50.4 Å². The van der Waals surface area contributed by atoms with Crippen LogP contribution in [-0.4, -0.2) is 32.0 Å². The van der Waals surface area contributed by atoms with E-state index in [9.17, 15) is 14.9 Å². The van der Waals surface area contributed by atoms with Gasteiger partial charge in [0.2, 0.25) is 5.91 Å². The third-order valence-electron chi connectivity index (χ3n) is 3.70. The van der Waals surface area contributed by atoms with E-state index in [1.807, 2.05) is 13.8 Å². The van der Waals surface area contributed by atoms with Gasteiger partial charge in [-0.2, -0.15) is 5.26 Å². The van der Waals surface area contributed by atoms with Gasteiger partial charge in [0.15, 0.2) is 5.16 Å². The third kappa shape index (κ3) is 3.47. The molecule has 2 rings (SSSR count). The number of H-pyrrole nitrogens is 1. The molecule has 0 aliphatic heterocycles. The fourth-order valence-electron chi connectivity index (χ4n) is 1.80. The Balaban J connectivity index is 1.96. The molecule has 7 nitrogen and oxygen atoms in total. The molecule has 0 aromatic carbocycles. The summed E-state index contributed by atoms with van der Waals surface area (Å²) in [4.78, 5) is 23.6. The lowest BCUT2D eigenvalue weighted by molar-refractivity contribution is -0.120. The van der Waals surface area contributed by atoms with Crippen LogP contribution in [0.1, 0.15) is 39.7 Å². The van der Waals surface area contributed by atoms with Crippen LogP contribution >= 0.6 is 11.8 Å². The van der Waals surface area contributed by atoms with Gasteiger partial charge < -0.3 is 5.32 Å². The highest BCUT2D eigenvalue weighted by atomic mass is 32.2. The first-order valence-electron chi connectivity index (χ1n) is 6.89. The van der Waals surface area contributed by atoms with E-state index in [-0.39, 0.29) is 29.3 Å². The van der Waals surface area contributed by atoms with Crippen molar-refractivity contribution >= 4 is 17.7 Å². The Morgan fingerprint density at radius 3 is 2.86 bits per heavy atom. The molecule has 1 fully saturated rings. The normalized spacial score (nSPS) is 17.3. The van der Waals surface area contributed by atoms with Crippen molar-refractivity contribution in [2.75, 3.05) is 5.75 Å². The molecule has 0 radical (unpaired) electrons. The predicted molar refractivity (Wildman–Crippen MR) is 78.8 cm³/mol. The number of hydrogen-bond donors (Lipinski definition) is 2. The highest BCUT2D eigenvalue weighted by molar-refractivity contribution is 7.99. The van der Waals surface area contributed by atoms with E-state index in [0.29, 0.717) is 5.16 Å². The van der Waals surface area contributed by atoms with Crippen LogP contribution < -0.4 is 11.0 Å². The van der Waals surface area contributed by atoms with Crippen molar-refractivity contribution in [3.05, 3.63) is 10.5 Å². The molecular formula is C13H19N5O2S. The van der Waals surface area contributed by atoms with Gasteiger partial charge in [0.1, 0.15) is 5.54 Å². The summed E-state index contributed by atoms with van der Waals surface area (Å²) in [6, 6.07) is 2.34. The molecular weight excluding hydrogens is 290 g/mol. The average molecular weight is 309 g/mol. The molecule has 2 N–H and O–H groups in total. The molecule has 0 unspecified atom stereocenters. The number of nitrogens with zero attached hydrogens (tertiary/aromatic N) is 3. The van der Waals surface area contributed by atoms with Gasteiger partial charge in [-0.05, 0) is 25.7 Å². The van der Waals surface area contributed by atoms with Gasteiger partial charge in [0.25, 0.3) is 0 Å². The molecule has 1 aromatic rings. The van der Waals surface area contributed by atoms with E-state index < -0.39 is 5.54 Å². The fourth-order valence-corrected chi connectivity index (χ4v) is 2.62. The number of carbonyl (C=O) groups excluding carboxylic acids is 1. The van der Waals surface area contributed by atoms with Crippen molar-refractivity contribution in [1.82, 2.24) is 20.1 Å². The van der Waals surface area contributed by atoms with Gasteiger partial charge in [-0.25, -0.2) is 9.89 Å². The number of hydrogen-bond acceptors (Lipinski definition) is 5. The summed E-state index contributed by atoms with van der Waals surface area (Å²) in [6.07, 6.45) is 1.94. The quantitative estimate of drug-likeness (QED) is 0.765. The Bertz CT molecular complexity index is 625. The van der Waals surface area contributed by atoms with Crippen LogP contribution in [0.15, 0.2) is 9.95 Å². The molecule has 0 bridgehead atoms. The Morgan fingerprint density at radius 2 is 2.33 bits per heavy atom. The number of nitrogens with one attached hydrogen (secondary N) is 2. The molecule has 1 heterocycles. The number of aromatic nitrogens is 3. The number of carbonyl (C=O) groups is 1. The van der Waals surface area contributed by atoms with E-state index >= 15 is 0 Å². The van der Waals surface area contributed by atoms with Crippen molar-refractivity contribution in [2.24, 2.45) is 5.92 Å². The largest absolute Gasteiger partial charge is 0.344 e. The lowest BCUT2D eigenvalue weighted by Crippen LogP contribution is -2.49. The number of thioether (sulfide) groups is 1. The van der Waals surface area contributed by atoms with E-state index in [1.54, 1.807) is 11.5 Å². The van der Waals surface area contributed by atoms with E-state index in [2.05, 4.69) is 21.6 Å². The molecule has 0 spiro atoms. The second-order valence-corrected chi connectivity index (χ2v) is 6.66. The molecule has 1 atom stereocenters. The SMILES string of the molecule is CC(C)[C@](C)(C#N)NC(=O)CSc1n[nH]c(=O)n1C1CC1. The fraction of sp³-hybridized carbons (Fsp3) is 0.692. The van der Waals surface area contributed by atoms with Crippen LogP contribution in [0.3, 0.4) is 0 Å². The zero-order chi connectivity index (χ0) is 15.6. The summed E-state index contributed by atoms with van der Waals surface area (Å²) in [5, 5.41) is 18.8. The molecule has 1 aliphatic carbocycles. The minimum atomic E-state index is -0.890. The highest BCUT2D eigenvalue weighted by Crippen LogP contribution is 2.35. The van der Waals surface area contributed by atoms with Crippen molar-refractivity contribution < 1.29 is 4.79 Å². The van der Waals surface area contributed by atoms with Crippen molar-refractivity contribution in [3.8, 4) is 6.07 Å². The van der Waals surface area contributed by atoms with E-state index in [0.717, 1.165) is 12.8 Å². The lowest BCUT2D eigenvalue weighted by atomic mass is 9.90. The van der Waals surface area contributed by atoms with Gasteiger partial charge in [0, 0.05) is 6.04 Å². The maximum absolute atomic E-state index is 12.0. The number of rotatable bonds is 6. The number of amides is 1. The van der Waals surface area contributed by atoms with Gasteiger partial charge in [-0.1, -0.05) is 25.6 Å². The van der Waals surface area contributed by atoms with Crippen LogP contribution in [0.2, 0.25) is 0 Å². The Labute approximate surface area is 127 Å². The van der Waals surface area contributed by atoms with Crippen molar-refractivity contribution in [1.29, 1.82) is 5.26 Å². The molecule has 1 amide bonds. The first-order chi connectivity index (χ1) is 9.87. The molecule has 114 valence electrons. The van der Waals surface area contributed by atoms with Crippen LogP contribution in [0.4, 0.5) is 0 Å². The topological polar surface area (TPSA) is 104 Å².